The summed E-state index contributed by atoms with van der Waals surface area (Å²) in [5, 5.41) is 4.36. The van der Waals surface area contributed by atoms with Gasteiger partial charge in [0.15, 0.2) is 12.4 Å². The van der Waals surface area contributed by atoms with Gasteiger partial charge in [0.25, 0.3) is 10.7 Å². The van der Waals surface area contributed by atoms with Crippen LogP contribution in [0, 0.1) is 10.8 Å². The van der Waals surface area contributed by atoms with E-state index in [1.807, 2.05) is 0 Å². The monoisotopic (exact) mass is 324 g/mol. The maximum absolute atomic E-state index is 11.5. The molecule has 22 heavy (non-hydrogen) atoms. The molecule has 3 heterocycles. The molecule has 0 amide bonds. The summed E-state index contributed by atoms with van der Waals surface area (Å²) in [4.78, 5) is 13.2. The van der Waals surface area contributed by atoms with Gasteiger partial charge >= 0.3 is 5.97 Å². The first-order valence-corrected chi connectivity index (χ1v) is 7.61. The molecular formula is C14H18N3O4S+. The van der Waals surface area contributed by atoms with Gasteiger partial charge in [0.2, 0.25) is 0 Å². The third-order valence-electron chi connectivity index (χ3n) is 3.94. The van der Waals surface area contributed by atoms with E-state index < -0.39 is 0 Å². The third-order valence-corrected chi connectivity index (χ3v) is 4.23. The van der Waals surface area contributed by atoms with Crippen molar-refractivity contribution in [3.63, 3.8) is 0 Å². The van der Waals surface area contributed by atoms with Gasteiger partial charge in [0.1, 0.15) is 0 Å². The second-order valence-corrected chi connectivity index (χ2v) is 5.70. The summed E-state index contributed by atoms with van der Waals surface area (Å²) in [6.07, 6.45) is 3.20. The fourth-order valence-electron chi connectivity index (χ4n) is 2.70. The number of nitrogens with zero attached hydrogens (tertiary/aromatic N) is 2. The van der Waals surface area contributed by atoms with E-state index in [-0.39, 0.29) is 11.9 Å². The number of hydrogen-bond acceptors (Lipinski definition) is 6. The van der Waals surface area contributed by atoms with Crippen molar-refractivity contribution >= 4 is 18.2 Å². The van der Waals surface area contributed by atoms with Crippen molar-refractivity contribution in [2.75, 3.05) is 20.2 Å². The summed E-state index contributed by atoms with van der Waals surface area (Å²) in [5.74, 6) is 0.845. The summed E-state index contributed by atoms with van der Waals surface area (Å²) in [6.45, 7) is 2.38. The zero-order valence-electron chi connectivity index (χ0n) is 12.3. The summed E-state index contributed by atoms with van der Waals surface area (Å²) in [7, 11) is 1.44. The number of rotatable bonds is 4. The Bertz CT molecular complexity index is 683. The molecule has 1 saturated heterocycles. The summed E-state index contributed by atoms with van der Waals surface area (Å²) >= 11 is 5.20. The molecule has 0 saturated carbocycles. The summed E-state index contributed by atoms with van der Waals surface area (Å²) < 4.78 is 17.2. The molecule has 1 aliphatic rings. The van der Waals surface area contributed by atoms with E-state index in [4.69, 9.17) is 25.8 Å². The molecule has 8 heteroatoms. The standard InChI is InChI=1S/C14H17N3O4S/c1-19-13(18)10-4-6-16(7-5-10)9-17-14(22)21-12(15-17)11-3-2-8-20-11/h2-3,8,10H,4-7,9H2,1H3/p+1. The lowest BCUT2D eigenvalue weighted by Gasteiger charge is -2.27. The first-order chi connectivity index (χ1) is 10.7. The number of hydrogen-bond donors (Lipinski definition) is 1. The van der Waals surface area contributed by atoms with Crippen LogP contribution in [-0.2, 0) is 16.2 Å². The number of nitrogens with one attached hydrogen (secondary N) is 1. The highest BCUT2D eigenvalue weighted by Gasteiger charge is 2.28. The van der Waals surface area contributed by atoms with Crippen LogP contribution in [0.15, 0.2) is 27.2 Å². The molecule has 3 rings (SSSR count). The molecule has 0 atom stereocenters. The quantitative estimate of drug-likeness (QED) is 0.665. The molecule has 118 valence electrons. The fraction of sp³-hybridized carbons (Fsp3) is 0.500. The van der Waals surface area contributed by atoms with Crippen molar-refractivity contribution in [3.05, 3.63) is 23.2 Å². The fourth-order valence-corrected chi connectivity index (χ4v) is 2.89. The van der Waals surface area contributed by atoms with Gasteiger partial charge in [-0.05, 0) is 24.4 Å². The Labute approximate surface area is 132 Å². The van der Waals surface area contributed by atoms with Crippen LogP contribution >= 0.6 is 12.2 Å². The molecule has 2 aromatic rings. The lowest BCUT2D eigenvalue weighted by Crippen LogP contribution is -3.12. The molecule has 1 fully saturated rings. The maximum Gasteiger partial charge on any atom is 0.309 e. The molecule has 0 aromatic carbocycles. The van der Waals surface area contributed by atoms with Crippen molar-refractivity contribution in [2.24, 2.45) is 5.92 Å². The van der Waals surface area contributed by atoms with E-state index in [0.717, 1.165) is 25.9 Å². The SMILES string of the molecule is COC(=O)C1CC[NH+](Cn2nc(-c3ccco3)oc2=S)CC1. The number of piperidine rings is 1. The second-order valence-electron chi connectivity index (χ2n) is 5.36. The van der Waals surface area contributed by atoms with Crippen LogP contribution in [0.4, 0.5) is 0 Å². The average molecular weight is 324 g/mol. The maximum atomic E-state index is 11.5. The lowest BCUT2D eigenvalue weighted by atomic mass is 9.97. The number of likely N-dealkylation sites (tertiary alicyclic amines) is 1. The highest BCUT2D eigenvalue weighted by Crippen LogP contribution is 2.17. The highest BCUT2D eigenvalue weighted by molar-refractivity contribution is 7.71. The van der Waals surface area contributed by atoms with Crippen LogP contribution in [0.5, 0.6) is 0 Å². The van der Waals surface area contributed by atoms with E-state index in [2.05, 4.69) is 5.10 Å². The van der Waals surface area contributed by atoms with Crippen molar-refractivity contribution in [3.8, 4) is 11.7 Å². The van der Waals surface area contributed by atoms with Crippen molar-refractivity contribution in [1.82, 2.24) is 9.78 Å². The molecule has 0 unspecified atom stereocenters. The van der Waals surface area contributed by atoms with Gasteiger partial charge in [-0.3, -0.25) is 4.79 Å². The lowest BCUT2D eigenvalue weighted by molar-refractivity contribution is -0.929. The molecule has 7 nitrogen and oxygen atoms in total. The van der Waals surface area contributed by atoms with E-state index in [1.165, 1.54) is 12.0 Å². The largest absolute Gasteiger partial charge is 0.469 e. The van der Waals surface area contributed by atoms with Crippen LogP contribution < -0.4 is 4.90 Å². The Balaban J connectivity index is 1.63. The van der Waals surface area contributed by atoms with Crippen molar-refractivity contribution in [1.29, 1.82) is 0 Å². The average Bonchev–Trinajstić information content (AvgIpc) is 3.18. The van der Waals surface area contributed by atoms with E-state index in [9.17, 15) is 4.79 Å². The minimum Gasteiger partial charge on any atom is -0.469 e. The van der Waals surface area contributed by atoms with Crippen LogP contribution in [0.1, 0.15) is 12.8 Å². The Morgan fingerprint density at radius 2 is 2.32 bits per heavy atom. The predicted molar refractivity (Wildman–Crippen MR) is 78.5 cm³/mol. The molecule has 0 radical (unpaired) electrons. The van der Waals surface area contributed by atoms with E-state index in [0.29, 0.717) is 23.2 Å². The van der Waals surface area contributed by atoms with Crippen molar-refractivity contribution < 1.29 is 23.3 Å². The Hall–Kier alpha value is -1.93. The molecule has 0 aliphatic carbocycles. The molecule has 1 aliphatic heterocycles. The number of methoxy groups -OCH3 is 1. The van der Waals surface area contributed by atoms with Gasteiger partial charge in [-0.25, -0.2) is 0 Å². The van der Waals surface area contributed by atoms with Crippen LogP contribution in [-0.4, -0.2) is 35.9 Å². The van der Waals surface area contributed by atoms with Gasteiger partial charge in [0.05, 0.1) is 32.4 Å². The Morgan fingerprint density at radius 3 is 2.95 bits per heavy atom. The van der Waals surface area contributed by atoms with Gasteiger partial charge in [-0.2, -0.15) is 4.68 Å². The number of aromatic nitrogens is 2. The zero-order chi connectivity index (χ0) is 15.5. The number of carbonyl (C=O) groups is 1. The minimum atomic E-state index is -0.114. The van der Waals surface area contributed by atoms with Gasteiger partial charge in [-0.1, -0.05) is 0 Å². The van der Waals surface area contributed by atoms with Crippen LogP contribution in [0.25, 0.3) is 11.7 Å². The topological polar surface area (TPSA) is 74.8 Å². The first-order valence-electron chi connectivity index (χ1n) is 7.20. The Morgan fingerprint density at radius 1 is 1.55 bits per heavy atom. The van der Waals surface area contributed by atoms with Gasteiger partial charge in [0, 0.05) is 12.8 Å². The number of furan rings is 1. The zero-order valence-corrected chi connectivity index (χ0v) is 13.1. The van der Waals surface area contributed by atoms with Crippen LogP contribution in [0.2, 0.25) is 0 Å². The second kappa shape index (κ2) is 6.45. The summed E-state index contributed by atoms with van der Waals surface area (Å²) in [6, 6.07) is 3.55. The van der Waals surface area contributed by atoms with E-state index in [1.54, 1.807) is 23.1 Å². The van der Waals surface area contributed by atoms with Crippen molar-refractivity contribution in [2.45, 2.75) is 19.5 Å². The first kappa shape index (κ1) is 15.0. The van der Waals surface area contributed by atoms with Gasteiger partial charge < -0.3 is 18.5 Å². The number of ether oxygens (including phenoxy) is 1. The minimum absolute atomic E-state index is 0.0118. The number of quaternary nitrogens is 1. The highest BCUT2D eigenvalue weighted by atomic mass is 32.1. The molecule has 2 aromatic heterocycles. The normalized spacial score (nSPS) is 21.7. The van der Waals surface area contributed by atoms with E-state index >= 15 is 0 Å². The molecular weight excluding hydrogens is 306 g/mol. The number of carbonyl (C=O) groups excluding carboxylic acids is 1. The number of esters is 1. The molecule has 1 N–H and O–H groups in total. The van der Waals surface area contributed by atoms with Crippen LogP contribution in [0.3, 0.4) is 0 Å². The van der Waals surface area contributed by atoms with Gasteiger partial charge in [-0.15, -0.1) is 5.10 Å². The molecule has 0 spiro atoms. The summed E-state index contributed by atoms with van der Waals surface area (Å²) in [5.41, 5.74) is 0. The third kappa shape index (κ3) is 3.12. The Kier molecular flexibility index (Phi) is 4.39. The molecule has 0 bridgehead atoms. The predicted octanol–water partition coefficient (Wildman–Crippen LogP) is 0.891. The smallest absolute Gasteiger partial charge is 0.309 e.